The van der Waals surface area contributed by atoms with Crippen LogP contribution in [0, 0.1) is 4.84 Å². The summed E-state index contributed by atoms with van der Waals surface area (Å²) in [4.78, 5) is 10.9. The first-order chi connectivity index (χ1) is 5.63. The zero-order valence-electron chi connectivity index (χ0n) is 6.05. The third kappa shape index (κ3) is 1.90. The lowest BCUT2D eigenvalue weighted by Crippen LogP contribution is -2.13. The maximum atomic E-state index is 10.8. The Morgan fingerprint density at radius 2 is 1.67 bits per heavy atom. The molecule has 0 bridgehead atoms. The molecule has 12 heavy (non-hydrogen) atoms. The van der Waals surface area contributed by atoms with Gasteiger partial charge in [-0.15, -0.1) is 0 Å². The average molecular weight is 203 g/mol. The number of hydrogen-bond acceptors (Lipinski definition) is 1. The minimum Gasteiger partial charge on any atom is -0.366 e. The van der Waals surface area contributed by atoms with E-state index >= 15 is 0 Å². The number of amides is 1. The first-order valence-electron chi connectivity index (χ1n) is 3.20. The van der Waals surface area contributed by atoms with Gasteiger partial charge >= 0.3 is 0 Å². The molecule has 0 aromatic heterocycles. The molecule has 1 amide bonds. The van der Waals surface area contributed by atoms with Gasteiger partial charge in [-0.05, 0) is 6.07 Å². The fraction of sp³-hybridized carbons (Fsp3) is 0. The normalized spacial score (nSPS) is 10.2. The SMILES string of the molecule is NC(=O)c1ccccc1[C](Cl)Cl. The Labute approximate surface area is 80.3 Å². The average Bonchev–Trinajstić information content (AvgIpc) is 2.04. The highest BCUT2D eigenvalue weighted by Gasteiger charge is 2.13. The topological polar surface area (TPSA) is 43.1 Å². The number of benzene rings is 1. The van der Waals surface area contributed by atoms with Gasteiger partial charge in [0.15, 0.2) is 4.84 Å². The smallest absolute Gasteiger partial charge is 0.249 e. The van der Waals surface area contributed by atoms with Gasteiger partial charge in [0.1, 0.15) is 0 Å². The summed E-state index contributed by atoms with van der Waals surface area (Å²) in [6.45, 7) is 0. The van der Waals surface area contributed by atoms with Crippen molar-refractivity contribution in [3.63, 3.8) is 0 Å². The Hall–Kier alpha value is -0.730. The molecule has 0 unspecified atom stereocenters. The summed E-state index contributed by atoms with van der Waals surface area (Å²) in [7, 11) is 0. The molecule has 63 valence electrons. The van der Waals surface area contributed by atoms with Crippen LogP contribution in [0.2, 0.25) is 0 Å². The molecule has 0 heterocycles. The van der Waals surface area contributed by atoms with E-state index in [0.717, 1.165) is 0 Å². The van der Waals surface area contributed by atoms with E-state index in [9.17, 15) is 4.79 Å². The minimum absolute atomic E-state index is 0.0457. The Bertz CT molecular complexity index is 299. The maximum absolute atomic E-state index is 10.8. The number of hydrogen-bond donors (Lipinski definition) is 1. The molecular weight excluding hydrogens is 197 g/mol. The van der Waals surface area contributed by atoms with Crippen molar-refractivity contribution in [2.24, 2.45) is 5.73 Å². The highest BCUT2D eigenvalue weighted by Crippen LogP contribution is 2.25. The third-order valence-corrected chi connectivity index (χ3v) is 1.80. The van der Waals surface area contributed by atoms with Gasteiger partial charge in [-0.3, -0.25) is 4.79 Å². The quantitative estimate of drug-likeness (QED) is 0.785. The van der Waals surface area contributed by atoms with Crippen LogP contribution < -0.4 is 5.73 Å². The number of carbonyl (C=O) groups is 1. The van der Waals surface area contributed by atoms with Crippen LogP contribution in [0.3, 0.4) is 0 Å². The minimum atomic E-state index is -0.538. The van der Waals surface area contributed by atoms with Crippen LogP contribution in [0.1, 0.15) is 15.9 Å². The molecule has 0 aliphatic rings. The van der Waals surface area contributed by atoms with Gasteiger partial charge in [0.2, 0.25) is 5.91 Å². The lowest BCUT2D eigenvalue weighted by molar-refractivity contribution is 0.1000. The van der Waals surface area contributed by atoms with Crippen LogP contribution in [0.4, 0.5) is 0 Å². The maximum Gasteiger partial charge on any atom is 0.249 e. The van der Waals surface area contributed by atoms with E-state index in [-0.39, 0.29) is 4.84 Å². The van der Waals surface area contributed by atoms with E-state index in [1.54, 1.807) is 24.3 Å². The van der Waals surface area contributed by atoms with Gasteiger partial charge in [-0.2, -0.15) is 0 Å². The summed E-state index contributed by atoms with van der Waals surface area (Å²) in [5.74, 6) is -0.538. The largest absolute Gasteiger partial charge is 0.366 e. The molecule has 4 heteroatoms. The number of carbonyl (C=O) groups excluding carboxylic acids is 1. The summed E-state index contributed by atoms with van der Waals surface area (Å²) in [6.07, 6.45) is 0. The van der Waals surface area contributed by atoms with Crippen molar-refractivity contribution in [1.82, 2.24) is 0 Å². The van der Waals surface area contributed by atoms with E-state index < -0.39 is 5.91 Å². The van der Waals surface area contributed by atoms with E-state index in [2.05, 4.69) is 0 Å². The Morgan fingerprint density at radius 1 is 1.17 bits per heavy atom. The molecule has 0 atom stereocenters. The number of nitrogens with two attached hydrogens (primary N) is 1. The zero-order valence-corrected chi connectivity index (χ0v) is 7.56. The molecule has 0 spiro atoms. The second kappa shape index (κ2) is 3.78. The first kappa shape index (κ1) is 9.36. The van der Waals surface area contributed by atoms with E-state index in [0.29, 0.717) is 11.1 Å². The van der Waals surface area contributed by atoms with E-state index in [1.807, 2.05) is 0 Å². The van der Waals surface area contributed by atoms with Gasteiger partial charge < -0.3 is 5.73 Å². The van der Waals surface area contributed by atoms with Crippen molar-refractivity contribution in [1.29, 1.82) is 0 Å². The lowest BCUT2D eigenvalue weighted by Gasteiger charge is -2.04. The second-order valence-electron chi connectivity index (χ2n) is 2.17. The molecule has 0 saturated heterocycles. The Morgan fingerprint density at radius 3 is 2.00 bits per heavy atom. The van der Waals surface area contributed by atoms with Crippen LogP contribution in [0.25, 0.3) is 0 Å². The van der Waals surface area contributed by atoms with Gasteiger partial charge in [-0.1, -0.05) is 41.4 Å². The summed E-state index contributed by atoms with van der Waals surface area (Å²) in [6, 6.07) is 6.63. The highest BCUT2D eigenvalue weighted by atomic mass is 35.5. The molecule has 0 aliphatic carbocycles. The molecule has 2 N–H and O–H groups in total. The van der Waals surface area contributed by atoms with Crippen molar-refractivity contribution in [3.8, 4) is 0 Å². The molecule has 0 saturated carbocycles. The van der Waals surface area contributed by atoms with E-state index in [4.69, 9.17) is 28.9 Å². The Balaban J connectivity index is 3.17. The van der Waals surface area contributed by atoms with Gasteiger partial charge in [-0.25, -0.2) is 0 Å². The van der Waals surface area contributed by atoms with Crippen LogP contribution in [-0.4, -0.2) is 5.91 Å². The van der Waals surface area contributed by atoms with Crippen molar-refractivity contribution in [2.75, 3.05) is 0 Å². The van der Waals surface area contributed by atoms with Gasteiger partial charge in [0.25, 0.3) is 0 Å². The fourth-order valence-corrected chi connectivity index (χ4v) is 1.19. The second-order valence-corrected chi connectivity index (χ2v) is 3.12. The van der Waals surface area contributed by atoms with Gasteiger partial charge in [0, 0.05) is 11.1 Å². The monoisotopic (exact) mass is 202 g/mol. The lowest BCUT2D eigenvalue weighted by atomic mass is 10.1. The molecule has 1 aromatic rings. The fourth-order valence-electron chi connectivity index (χ4n) is 0.863. The van der Waals surface area contributed by atoms with Crippen LogP contribution in [0.15, 0.2) is 24.3 Å². The standard InChI is InChI=1S/C8H6Cl2NO/c9-7(10)5-3-1-2-4-6(5)8(11)12/h1-4H,(H2,11,12). The number of rotatable bonds is 2. The van der Waals surface area contributed by atoms with Crippen molar-refractivity contribution in [2.45, 2.75) is 0 Å². The first-order valence-corrected chi connectivity index (χ1v) is 3.95. The molecule has 0 fully saturated rings. The Kier molecular flexibility index (Phi) is 2.95. The molecule has 1 radical (unpaired) electrons. The predicted molar refractivity (Wildman–Crippen MR) is 49.0 cm³/mol. The van der Waals surface area contributed by atoms with Crippen LogP contribution in [-0.2, 0) is 0 Å². The van der Waals surface area contributed by atoms with Crippen molar-refractivity contribution >= 4 is 29.1 Å². The molecule has 1 rings (SSSR count). The van der Waals surface area contributed by atoms with Gasteiger partial charge in [0.05, 0.1) is 0 Å². The summed E-state index contributed by atoms with van der Waals surface area (Å²) < 4.78 is 0. The number of primary amides is 1. The predicted octanol–water partition coefficient (Wildman–Crippen LogP) is 2.10. The highest BCUT2D eigenvalue weighted by molar-refractivity contribution is 6.55. The summed E-state index contributed by atoms with van der Waals surface area (Å²) in [5, 5.41) is 0. The number of halogens is 2. The van der Waals surface area contributed by atoms with Crippen LogP contribution in [0.5, 0.6) is 0 Å². The molecule has 2 nitrogen and oxygen atoms in total. The van der Waals surface area contributed by atoms with Crippen LogP contribution >= 0.6 is 23.2 Å². The summed E-state index contributed by atoms with van der Waals surface area (Å²) >= 11 is 11.1. The third-order valence-electron chi connectivity index (χ3n) is 1.40. The molecular formula is C8H6Cl2NO. The summed E-state index contributed by atoms with van der Waals surface area (Å²) in [5.41, 5.74) is 5.88. The van der Waals surface area contributed by atoms with Crippen molar-refractivity contribution in [3.05, 3.63) is 40.2 Å². The zero-order chi connectivity index (χ0) is 9.14. The molecule has 0 aliphatic heterocycles. The molecule has 1 aromatic carbocycles. The van der Waals surface area contributed by atoms with E-state index in [1.165, 1.54) is 0 Å². The van der Waals surface area contributed by atoms with Crippen molar-refractivity contribution < 1.29 is 4.79 Å².